The number of hydrogen-bond acceptors (Lipinski definition) is 5. The van der Waals surface area contributed by atoms with Gasteiger partial charge in [0.25, 0.3) is 5.91 Å². The molecule has 2 bridgehead atoms. The molecule has 4 aliphatic rings. The maximum Gasteiger partial charge on any atom is 0.255 e. The van der Waals surface area contributed by atoms with E-state index in [9.17, 15) is 14.4 Å². The fourth-order valence-electron chi connectivity index (χ4n) is 5.38. The van der Waals surface area contributed by atoms with Gasteiger partial charge in [0.15, 0.2) is 0 Å². The van der Waals surface area contributed by atoms with Crippen molar-refractivity contribution in [3.05, 3.63) is 34.9 Å². The lowest BCUT2D eigenvalue weighted by Crippen LogP contribution is -2.52. The third-order valence-electron chi connectivity index (χ3n) is 6.64. The van der Waals surface area contributed by atoms with E-state index in [0.717, 1.165) is 38.3 Å². The lowest BCUT2D eigenvalue weighted by atomic mass is 9.85. The van der Waals surface area contributed by atoms with Crippen molar-refractivity contribution in [1.29, 1.82) is 0 Å². The van der Waals surface area contributed by atoms with Gasteiger partial charge in [-0.1, -0.05) is 12.1 Å². The summed E-state index contributed by atoms with van der Waals surface area (Å²) in [5.41, 5.74) is 2.95. The molecule has 0 aromatic heterocycles. The molecule has 7 heteroatoms. The number of carbonyl (C=O) groups excluding carboxylic acids is 3. The lowest BCUT2D eigenvalue weighted by molar-refractivity contribution is -0.136. The Balaban J connectivity index is 1.35. The van der Waals surface area contributed by atoms with E-state index in [-0.39, 0.29) is 24.1 Å². The van der Waals surface area contributed by atoms with Crippen LogP contribution in [0.1, 0.15) is 40.7 Å². The molecular weight excluding hydrogens is 356 g/mol. The summed E-state index contributed by atoms with van der Waals surface area (Å²) in [5, 5.41) is 5.90. The third-order valence-corrected chi connectivity index (χ3v) is 6.64. The third kappa shape index (κ3) is 3.12. The Labute approximate surface area is 164 Å². The van der Waals surface area contributed by atoms with Crippen LogP contribution in [-0.2, 0) is 22.7 Å². The van der Waals surface area contributed by atoms with Gasteiger partial charge < -0.3 is 10.2 Å². The molecule has 0 saturated carbocycles. The summed E-state index contributed by atoms with van der Waals surface area (Å²) in [7, 11) is 0. The van der Waals surface area contributed by atoms with E-state index in [2.05, 4.69) is 21.6 Å². The van der Waals surface area contributed by atoms with E-state index in [1.165, 1.54) is 12.0 Å². The highest BCUT2D eigenvalue weighted by molar-refractivity contribution is 6.05. The van der Waals surface area contributed by atoms with Crippen LogP contribution in [0.5, 0.6) is 0 Å². The minimum absolute atomic E-state index is 0.0916. The van der Waals surface area contributed by atoms with Crippen molar-refractivity contribution in [2.24, 2.45) is 11.8 Å². The van der Waals surface area contributed by atoms with Gasteiger partial charge in [-0.2, -0.15) is 0 Å². The van der Waals surface area contributed by atoms with Crippen LogP contribution < -0.4 is 10.6 Å². The standard InChI is InChI=1S/C21H26N4O3/c26-19-5-4-18(20(27)23-19)25-12-17-15(2-1-3-16(17)21(25)28)11-24-9-13-6-14(10-24)8-22-7-13/h1-3,13-14,18,22H,4-12H2,(H,23,26,27). The van der Waals surface area contributed by atoms with Crippen molar-refractivity contribution in [3.63, 3.8) is 0 Å². The zero-order chi connectivity index (χ0) is 19.3. The highest BCUT2D eigenvalue weighted by Gasteiger charge is 2.40. The fourth-order valence-corrected chi connectivity index (χ4v) is 5.38. The Kier molecular flexibility index (Phi) is 4.44. The molecule has 7 nitrogen and oxygen atoms in total. The van der Waals surface area contributed by atoms with Crippen molar-refractivity contribution in [3.8, 4) is 0 Å². The molecule has 2 N–H and O–H groups in total. The lowest BCUT2D eigenvalue weighted by Gasteiger charge is -2.42. The van der Waals surface area contributed by atoms with Gasteiger partial charge in [-0.3, -0.25) is 24.6 Å². The van der Waals surface area contributed by atoms with Crippen LogP contribution in [0.3, 0.4) is 0 Å². The summed E-state index contributed by atoms with van der Waals surface area (Å²) in [5.74, 6) is 0.731. The Bertz CT molecular complexity index is 827. The predicted octanol–water partition coefficient (Wildman–Crippen LogP) is 0.489. The zero-order valence-electron chi connectivity index (χ0n) is 15.9. The van der Waals surface area contributed by atoms with E-state index in [0.29, 0.717) is 30.4 Å². The largest absolute Gasteiger partial charge is 0.322 e. The minimum Gasteiger partial charge on any atom is -0.322 e. The molecule has 5 rings (SSSR count). The van der Waals surface area contributed by atoms with Crippen molar-refractivity contribution in [2.45, 2.75) is 38.4 Å². The number of nitrogens with zero attached hydrogens (tertiary/aromatic N) is 2. The molecule has 3 atom stereocenters. The van der Waals surface area contributed by atoms with Gasteiger partial charge in [-0.15, -0.1) is 0 Å². The van der Waals surface area contributed by atoms with Crippen molar-refractivity contribution < 1.29 is 14.4 Å². The molecule has 0 spiro atoms. The molecule has 0 aliphatic carbocycles. The van der Waals surface area contributed by atoms with Crippen LogP contribution in [0.4, 0.5) is 0 Å². The maximum absolute atomic E-state index is 13.0. The van der Waals surface area contributed by atoms with Gasteiger partial charge in [0, 0.05) is 38.2 Å². The Morgan fingerprint density at radius 2 is 1.86 bits per heavy atom. The number of imide groups is 1. The molecule has 3 amide bonds. The van der Waals surface area contributed by atoms with Crippen molar-refractivity contribution in [2.75, 3.05) is 26.2 Å². The topological polar surface area (TPSA) is 81.8 Å². The molecule has 1 aromatic rings. The molecule has 0 radical (unpaired) electrons. The Hall–Kier alpha value is -2.25. The molecule has 148 valence electrons. The van der Waals surface area contributed by atoms with E-state index in [4.69, 9.17) is 0 Å². The van der Waals surface area contributed by atoms with E-state index >= 15 is 0 Å². The number of rotatable bonds is 3. The first-order chi connectivity index (χ1) is 13.6. The zero-order valence-corrected chi connectivity index (χ0v) is 15.9. The van der Waals surface area contributed by atoms with E-state index in [1.54, 1.807) is 4.90 Å². The predicted molar refractivity (Wildman–Crippen MR) is 102 cm³/mol. The number of benzene rings is 1. The first kappa shape index (κ1) is 17.8. The highest BCUT2D eigenvalue weighted by atomic mass is 16.2. The van der Waals surface area contributed by atoms with Crippen LogP contribution >= 0.6 is 0 Å². The SMILES string of the molecule is O=C1CCC(N2Cc3c(CN4CC5CNCC(C5)C4)cccc3C2=O)C(=O)N1. The number of carbonyl (C=O) groups is 3. The Morgan fingerprint density at radius 3 is 2.61 bits per heavy atom. The number of fused-ring (bicyclic) bond motifs is 3. The van der Waals surface area contributed by atoms with Gasteiger partial charge in [0.2, 0.25) is 11.8 Å². The molecule has 28 heavy (non-hydrogen) atoms. The molecule has 4 heterocycles. The first-order valence-electron chi connectivity index (χ1n) is 10.3. The van der Waals surface area contributed by atoms with Gasteiger partial charge in [-0.25, -0.2) is 0 Å². The average molecular weight is 382 g/mol. The maximum atomic E-state index is 13.0. The summed E-state index contributed by atoms with van der Waals surface area (Å²) in [6, 6.07) is 5.38. The molecule has 3 fully saturated rings. The second kappa shape index (κ2) is 6.97. The van der Waals surface area contributed by atoms with Gasteiger partial charge in [0.05, 0.1) is 0 Å². The van der Waals surface area contributed by atoms with Crippen LogP contribution in [-0.4, -0.2) is 59.7 Å². The van der Waals surface area contributed by atoms with E-state index < -0.39 is 6.04 Å². The summed E-state index contributed by atoms with van der Waals surface area (Å²) in [6.45, 7) is 5.70. The van der Waals surface area contributed by atoms with Gasteiger partial charge in [0.1, 0.15) is 6.04 Å². The summed E-state index contributed by atoms with van der Waals surface area (Å²) in [6.07, 6.45) is 2.01. The molecule has 3 saturated heterocycles. The normalized spacial score (nSPS) is 30.4. The quantitative estimate of drug-likeness (QED) is 0.744. The van der Waals surface area contributed by atoms with Gasteiger partial charge in [-0.05, 0) is 55.0 Å². The smallest absolute Gasteiger partial charge is 0.255 e. The van der Waals surface area contributed by atoms with Crippen molar-refractivity contribution in [1.82, 2.24) is 20.4 Å². The average Bonchev–Trinajstić information content (AvgIpc) is 2.99. The highest BCUT2D eigenvalue weighted by Crippen LogP contribution is 2.32. The van der Waals surface area contributed by atoms with E-state index in [1.807, 2.05) is 12.1 Å². The summed E-state index contributed by atoms with van der Waals surface area (Å²) < 4.78 is 0. The first-order valence-corrected chi connectivity index (χ1v) is 10.3. The number of nitrogens with one attached hydrogen (secondary N) is 2. The summed E-state index contributed by atoms with van der Waals surface area (Å²) in [4.78, 5) is 40.8. The second-order valence-corrected chi connectivity index (χ2v) is 8.66. The van der Waals surface area contributed by atoms with Crippen LogP contribution in [0.25, 0.3) is 0 Å². The van der Waals surface area contributed by atoms with Crippen LogP contribution in [0.15, 0.2) is 18.2 Å². The minimum atomic E-state index is -0.550. The molecule has 3 unspecified atom stereocenters. The number of likely N-dealkylation sites (tertiary alicyclic amines) is 1. The Morgan fingerprint density at radius 1 is 1.07 bits per heavy atom. The fraction of sp³-hybridized carbons (Fsp3) is 0.571. The second-order valence-electron chi connectivity index (χ2n) is 8.66. The number of piperidine rings is 3. The number of hydrogen-bond donors (Lipinski definition) is 2. The summed E-state index contributed by atoms with van der Waals surface area (Å²) >= 11 is 0. The van der Waals surface area contributed by atoms with Crippen LogP contribution in [0, 0.1) is 11.8 Å². The molecule has 4 aliphatic heterocycles. The molecular formula is C21H26N4O3. The van der Waals surface area contributed by atoms with Crippen LogP contribution in [0.2, 0.25) is 0 Å². The monoisotopic (exact) mass is 382 g/mol. The van der Waals surface area contributed by atoms with Gasteiger partial charge >= 0.3 is 0 Å². The van der Waals surface area contributed by atoms with Crippen molar-refractivity contribution >= 4 is 17.7 Å². The molecule has 1 aromatic carbocycles. The number of amides is 3.